The van der Waals surface area contributed by atoms with Crippen molar-refractivity contribution in [3.05, 3.63) is 70.9 Å². The minimum Gasteiger partial charge on any atom is -0.358 e. The van der Waals surface area contributed by atoms with Gasteiger partial charge in [0.25, 0.3) is 0 Å². The van der Waals surface area contributed by atoms with Gasteiger partial charge in [0.05, 0.1) is 10.9 Å². The highest BCUT2D eigenvalue weighted by atomic mass is 32.2. The van der Waals surface area contributed by atoms with E-state index in [1.165, 1.54) is 16.0 Å². The standard InChI is InChI=1S/C25H29NOS/c1-5-16(2)17-10-12-18(13-11-17)24-23-20(14-25(3,4)15-21(23)27)26-19-8-6-7-9-22(19)28-24/h6-13,16,24,26H,5,14-15H2,1-4H3/t16-,24+/m0/s1. The molecule has 0 amide bonds. The zero-order valence-electron chi connectivity index (χ0n) is 17.2. The van der Waals surface area contributed by atoms with Crippen molar-refractivity contribution in [1.29, 1.82) is 0 Å². The molecule has 2 aliphatic rings. The van der Waals surface area contributed by atoms with Gasteiger partial charge in [0, 0.05) is 22.6 Å². The minimum atomic E-state index is -0.00215. The Labute approximate surface area is 172 Å². The molecule has 1 heterocycles. The minimum absolute atomic E-state index is 0.00215. The van der Waals surface area contributed by atoms with Gasteiger partial charge in [0.2, 0.25) is 0 Å². The van der Waals surface area contributed by atoms with Crippen LogP contribution in [-0.2, 0) is 4.79 Å². The molecule has 3 heteroatoms. The van der Waals surface area contributed by atoms with E-state index in [2.05, 4.69) is 81.5 Å². The third kappa shape index (κ3) is 3.65. The van der Waals surface area contributed by atoms with Crippen LogP contribution in [0.3, 0.4) is 0 Å². The molecule has 1 N–H and O–H groups in total. The molecule has 1 aliphatic carbocycles. The first-order chi connectivity index (χ1) is 13.4. The molecule has 4 rings (SSSR count). The number of hydrogen-bond acceptors (Lipinski definition) is 3. The topological polar surface area (TPSA) is 29.1 Å². The molecule has 2 aromatic rings. The Morgan fingerprint density at radius 2 is 1.82 bits per heavy atom. The summed E-state index contributed by atoms with van der Waals surface area (Å²) in [6.45, 7) is 8.87. The van der Waals surface area contributed by atoms with Crippen molar-refractivity contribution in [2.45, 2.75) is 63.0 Å². The molecule has 0 bridgehead atoms. The van der Waals surface area contributed by atoms with Gasteiger partial charge in [-0.25, -0.2) is 0 Å². The quantitative estimate of drug-likeness (QED) is 0.605. The lowest BCUT2D eigenvalue weighted by molar-refractivity contribution is -0.118. The number of carbonyl (C=O) groups is 1. The van der Waals surface area contributed by atoms with Gasteiger partial charge >= 0.3 is 0 Å². The average Bonchev–Trinajstić information content (AvgIpc) is 2.83. The van der Waals surface area contributed by atoms with Gasteiger partial charge in [0.15, 0.2) is 5.78 Å². The maximum Gasteiger partial charge on any atom is 0.162 e. The van der Waals surface area contributed by atoms with Crippen molar-refractivity contribution in [2.75, 3.05) is 5.32 Å². The highest BCUT2D eigenvalue weighted by molar-refractivity contribution is 8.00. The predicted octanol–water partition coefficient (Wildman–Crippen LogP) is 7.10. The van der Waals surface area contributed by atoms with E-state index in [0.29, 0.717) is 12.3 Å². The first-order valence-corrected chi connectivity index (χ1v) is 11.1. The zero-order valence-corrected chi connectivity index (χ0v) is 18.0. The molecule has 146 valence electrons. The molecule has 0 saturated heterocycles. The molecule has 2 nitrogen and oxygen atoms in total. The molecule has 0 spiro atoms. The van der Waals surface area contributed by atoms with Crippen LogP contribution in [-0.4, -0.2) is 5.78 Å². The van der Waals surface area contributed by atoms with Gasteiger partial charge in [-0.1, -0.05) is 64.1 Å². The lowest BCUT2D eigenvalue weighted by atomic mass is 9.74. The summed E-state index contributed by atoms with van der Waals surface area (Å²) < 4.78 is 0. The summed E-state index contributed by atoms with van der Waals surface area (Å²) in [5.74, 6) is 0.847. The van der Waals surface area contributed by atoms with E-state index in [1.807, 2.05) is 0 Å². The molecule has 0 saturated carbocycles. The summed E-state index contributed by atoms with van der Waals surface area (Å²) in [6, 6.07) is 17.3. The van der Waals surface area contributed by atoms with Gasteiger partial charge in [-0.3, -0.25) is 4.79 Å². The summed E-state index contributed by atoms with van der Waals surface area (Å²) in [6.07, 6.45) is 2.66. The van der Waals surface area contributed by atoms with Crippen LogP contribution < -0.4 is 5.32 Å². The van der Waals surface area contributed by atoms with Crippen LogP contribution in [0, 0.1) is 5.41 Å². The average molecular weight is 392 g/mol. The van der Waals surface area contributed by atoms with Gasteiger partial charge in [-0.15, -0.1) is 11.8 Å². The second-order valence-corrected chi connectivity index (χ2v) is 10.1. The Balaban J connectivity index is 1.80. The van der Waals surface area contributed by atoms with E-state index in [4.69, 9.17) is 0 Å². The molecular formula is C25H29NOS. The predicted molar refractivity (Wildman–Crippen MR) is 119 cm³/mol. The fourth-order valence-electron chi connectivity index (χ4n) is 4.24. The fourth-order valence-corrected chi connectivity index (χ4v) is 5.58. The highest BCUT2D eigenvalue weighted by Gasteiger charge is 2.39. The molecule has 0 fully saturated rings. The number of hydrogen-bond donors (Lipinski definition) is 1. The third-order valence-electron chi connectivity index (χ3n) is 6.02. The number of ketones is 1. The number of para-hydroxylation sites is 1. The Morgan fingerprint density at radius 1 is 1.11 bits per heavy atom. The van der Waals surface area contributed by atoms with Gasteiger partial charge in [-0.2, -0.15) is 0 Å². The SMILES string of the molecule is CC[C@H](C)c1ccc([C@H]2Sc3ccccc3NC3=C2C(=O)CC(C)(C)C3)cc1. The molecule has 0 aromatic heterocycles. The van der Waals surface area contributed by atoms with Crippen molar-refractivity contribution in [3.8, 4) is 0 Å². The number of thioether (sulfide) groups is 1. The van der Waals surface area contributed by atoms with Gasteiger partial charge in [0.1, 0.15) is 0 Å². The van der Waals surface area contributed by atoms with E-state index in [9.17, 15) is 4.79 Å². The monoisotopic (exact) mass is 391 g/mol. The van der Waals surface area contributed by atoms with Crippen molar-refractivity contribution in [2.24, 2.45) is 5.41 Å². The first-order valence-electron chi connectivity index (χ1n) is 10.3. The second kappa shape index (κ2) is 7.44. The summed E-state index contributed by atoms with van der Waals surface area (Å²) >= 11 is 1.80. The number of nitrogens with one attached hydrogen (secondary N) is 1. The maximum absolute atomic E-state index is 13.2. The lowest BCUT2D eigenvalue weighted by Crippen LogP contribution is -2.29. The van der Waals surface area contributed by atoms with Crippen molar-refractivity contribution < 1.29 is 4.79 Å². The second-order valence-electron chi connectivity index (χ2n) is 8.93. The summed E-state index contributed by atoms with van der Waals surface area (Å²) in [5.41, 5.74) is 5.78. The molecule has 0 radical (unpaired) electrons. The van der Waals surface area contributed by atoms with Crippen LogP contribution in [0.2, 0.25) is 0 Å². The van der Waals surface area contributed by atoms with Crippen molar-refractivity contribution >= 4 is 23.2 Å². The summed E-state index contributed by atoms with van der Waals surface area (Å²) in [4.78, 5) is 14.4. The number of Topliss-reactive ketones (excluding diaryl/α,β-unsaturated/α-hetero) is 1. The van der Waals surface area contributed by atoms with Crippen LogP contribution in [0.5, 0.6) is 0 Å². The van der Waals surface area contributed by atoms with Crippen LogP contribution in [0.1, 0.15) is 69.3 Å². The largest absolute Gasteiger partial charge is 0.358 e. The van der Waals surface area contributed by atoms with Crippen LogP contribution >= 0.6 is 11.8 Å². The van der Waals surface area contributed by atoms with E-state index in [0.717, 1.165) is 29.8 Å². The molecule has 2 aromatic carbocycles. The number of carbonyl (C=O) groups excluding carboxylic acids is 1. The number of rotatable bonds is 3. The molecular weight excluding hydrogens is 362 g/mol. The number of fused-ring (bicyclic) bond motifs is 1. The number of allylic oxidation sites excluding steroid dienone is 1. The van der Waals surface area contributed by atoms with Gasteiger partial charge in [-0.05, 0) is 47.4 Å². The van der Waals surface area contributed by atoms with Crippen LogP contribution in [0.4, 0.5) is 5.69 Å². The van der Waals surface area contributed by atoms with E-state index in [1.54, 1.807) is 11.8 Å². The third-order valence-corrected chi connectivity index (χ3v) is 7.37. The number of benzene rings is 2. The normalized spacial score (nSPS) is 22.0. The van der Waals surface area contributed by atoms with Crippen LogP contribution in [0.15, 0.2) is 64.7 Å². The molecule has 0 unspecified atom stereocenters. The van der Waals surface area contributed by atoms with E-state index in [-0.39, 0.29) is 16.4 Å². The van der Waals surface area contributed by atoms with E-state index >= 15 is 0 Å². The maximum atomic E-state index is 13.2. The molecule has 2 atom stereocenters. The first kappa shape index (κ1) is 19.3. The zero-order chi connectivity index (χ0) is 19.9. The lowest BCUT2D eigenvalue weighted by Gasteiger charge is -2.34. The smallest absolute Gasteiger partial charge is 0.162 e. The molecule has 28 heavy (non-hydrogen) atoms. The summed E-state index contributed by atoms with van der Waals surface area (Å²) in [7, 11) is 0. The van der Waals surface area contributed by atoms with E-state index < -0.39 is 0 Å². The van der Waals surface area contributed by atoms with Crippen molar-refractivity contribution in [1.82, 2.24) is 0 Å². The Kier molecular flexibility index (Phi) is 5.13. The number of anilines is 1. The van der Waals surface area contributed by atoms with Crippen LogP contribution in [0.25, 0.3) is 0 Å². The summed E-state index contributed by atoms with van der Waals surface area (Å²) in [5, 5.41) is 3.67. The van der Waals surface area contributed by atoms with Gasteiger partial charge < -0.3 is 5.32 Å². The van der Waals surface area contributed by atoms with Crippen molar-refractivity contribution in [3.63, 3.8) is 0 Å². The Hall–Kier alpha value is -2.00. The molecule has 1 aliphatic heterocycles. The Morgan fingerprint density at radius 3 is 2.54 bits per heavy atom. The Bertz CT molecular complexity index is 926. The fraction of sp³-hybridized carbons (Fsp3) is 0.400. The highest BCUT2D eigenvalue weighted by Crippen LogP contribution is 2.51.